The Hall–Kier alpha value is -1.62. The molecule has 2 aromatic rings. The van der Waals surface area contributed by atoms with E-state index in [9.17, 15) is 4.79 Å². The summed E-state index contributed by atoms with van der Waals surface area (Å²) >= 11 is 5.90. The first kappa shape index (κ1) is 9.92. The van der Waals surface area contributed by atoms with Gasteiger partial charge in [-0.25, -0.2) is 9.78 Å². The van der Waals surface area contributed by atoms with Crippen LogP contribution < -0.4 is 0 Å². The lowest BCUT2D eigenvalue weighted by molar-refractivity contribution is 0.0518. The van der Waals surface area contributed by atoms with E-state index in [1.807, 2.05) is 0 Å². The van der Waals surface area contributed by atoms with Gasteiger partial charge >= 0.3 is 5.97 Å². The van der Waals surface area contributed by atoms with Crippen LogP contribution in [0.15, 0.2) is 18.6 Å². The van der Waals surface area contributed by atoms with E-state index in [0.29, 0.717) is 23.1 Å². The van der Waals surface area contributed by atoms with E-state index in [0.717, 1.165) is 0 Å². The molecule has 2 heterocycles. The fourth-order valence-electron chi connectivity index (χ4n) is 1.25. The third-order valence-electron chi connectivity index (χ3n) is 1.86. The molecule has 0 spiro atoms. The van der Waals surface area contributed by atoms with Crippen LogP contribution in [0.1, 0.15) is 17.4 Å². The number of fused-ring (bicyclic) bond motifs is 1. The summed E-state index contributed by atoms with van der Waals surface area (Å²) in [6, 6.07) is 0. The molecule has 5 nitrogen and oxygen atoms in total. The molecule has 0 N–H and O–H groups in total. The molecule has 0 amide bonds. The number of halogens is 1. The van der Waals surface area contributed by atoms with Crippen LogP contribution in [0.2, 0.25) is 5.15 Å². The summed E-state index contributed by atoms with van der Waals surface area (Å²) in [4.78, 5) is 19.4. The Balaban J connectivity index is 2.57. The van der Waals surface area contributed by atoms with Crippen LogP contribution in [0, 0.1) is 0 Å². The van der Waals surface area contributed by atoms with Gasteiger partial charge in [-0.1, -0.05) is 11.6 Å². The molecule has 0 aliphatic heterocycles. The van der Waals surface area contributed by atoms with Crippen molar-refractivity contribution >= 4 is 23.2 Å². The molecule has 15 heavy (non-hydrogen) atoms. The van der Waals surface area contributed by atoms with E-state index < -0.39 is 5.97 Å². The Morgan fingerprint density at radius 1 is 1.53 bits per heavy atom. The van der Waals surface area contributed by atoms with E-state index in [2.05, 4.69) is 9.97 Å². The molecule has 0 radical (unpaired) electrons. The minimum absolute atomic E-state index is 0.305. The van der Waals surface area contributed by atoms with E-state index >= 15 is 0 Å². The number of imidazole rings is 1. The maximum absolute atomic E-state index is 11.5. The Labute approximate surface area is 90.7 Å². The largest absolute Gasteiger partial charge is 0.461 e. The molecule has 0 aromatic carbocycles. The third kappa shape index (κ3) is 1.66. The summed E-state index contributed by atoms with van der Waals surface area (Å²) in [5, 5.41) is 0.327. The van der Waals surface area contributed by atoms with Crippen LogP contribution in [0.3, 0.4) is 0 Å². The fourth-order valence-corrected chi connectivity index (χ4v) is 1.49. The third-order valence-corrected chi connectivity index (χ3v) is 2.12. The highest BCUT2D eigenvalue weighted by atomic mass is 35.5. The molecule has 0 saturated carbocycles. The van der Waals surface area contributed by atoms with Crippen LogP contribution >= 0.6 is 11.6 Å². The van der Waals surface area contributed by atoms with Crippen molar-refractivity contribution in [1.29, 1.82) is 0 Å². The quantitative estimate of drug-likeness (QED) is 0.728. The summed E-state index contributed by atoms with van der Waals surface area (Å²) in [6.07, 6.45) is 4.38. The molecule has 0 aliphatic carbocycles. The van der Waals surface area contributed by atoms with E-state index in [1.54, 1.807) is 6.92 Å². The Morgan fingerprint density at radius 3 is 3.07 bits per heavy atom. The summed E-state index contributed by atoms with van der Waals surface area (Å²) in [6.45, 7) is 2.05. The van der Waals surface area contributed by atoms with Gasteiger partial charge in [0.05, 0.1) is 25.2 Å². The zero-order valence-corrected chi connectivity index (χ0v) is 8.73. The number of esters is 1. The minimum atomic E-state index is -0.446. The van der Waals surface area contributed by atoms with Crippen LogP contribution in [0.5, 0.6) is 0 Å². The highest BCUT2D eigenvalue weighted by Gasteiger charge is 2.14. The first-order chi connectivity index (χ1) is 7.24. The highest BCUT2D eigenvalue weighted by molar-refractivity contribution is 6.29. The minimum Gasteiger partial charge on any atom is -0.461 e. The number of hydrogen-bond donors (Lipinski definition) is 0. The van der Waals surface area contributed by atoms with E-state index in [4.69, 9.17) is 16.3 Å². The Bertz CT molecular complexity index is 509. The lowest BCUT2D eigenvalue weighted by atomic mass is 10.5. The first-order valence-electron chi connectivity index (χ1n) is 4.38. The van der Waals surface area contributed by atoms with Gasteiger partial charge in [0.15, 0.2) is 11.3 Å². The smallest absolute Gasteiger partial charge is 0.357 e. The maximum Gasteiger partial charge on any atom is 0.357 e. The fraction of sp³-hybridized carbons (Fsp3) is 0.222. The van der Waals surface area contributed by atoms with Gasteiger partial charge in [-0.3, -0.25) is 9.38 Å². The zero-order valence-electron chi connectivity index (χ0n) is 7.98. The molecule has 6 heteroatoms. The van der Waals surface area contributed by atoms with Crippen molar-refractivity contribution in [1.82, 2.24) is 14.4 Å². The van der Waals surface area contributed by atoms with E-state index in [-0.39, 0.29) is 0 Å². The molecular formula is C9H8ClN3O2. The molecule has 0 fully saturated rings. The molecule has 0 aliphatic rings. The van der Waals surface area contributed by atoms with Gasteiger partial charge in [0.1, 0.15) is 5.15 Å². The summed E-state index contributed by atoms with van der Waals surface area (Å²) in [5.41, 5.74) is 0.824. The molecule has 2 rings (SSSR count). The number of aromatic nitrogens is 3. The van der Waals surface area contributed by atoms with Gasteiger partial charge in [0, 0.05) is 0 Å². The van der Waals surface area contributed by atoms with Crippen molar-refractivity contribution in [3.8, 4) is 0 Å². The van der Waals surface area contributed by atoms with Gasteiger partial charge in [-0.15, -0.1) is 0 Å². The zero-order chi connectivity index (χ0) is 10.8. The monoisotopic (exact) mass is 225 g/mol. The molecular weight excluding hydrogens is 218 g/mol. The second-order valence-electron chi connectivity index (χ2n) is 2.79. The summed E-state index contributed by atoms with van der Waals surface area (Å²) < 4.78 is 6.36. The molecule has 2 aromatic heterocycles. The molecule has 0 unspecified atom stereocenters. The number of carbonyl (C=O) groups is 1. The standard InChI is InChI=1S/C9H8ClN3O2/c1-2-15-9(14)6-3-12-8-5-11-4-7(10)13(6)8/h3-5H,2H2,1H3. The van der Waals surface area contributed by atoms with Crippen molar-refractivity contribution in [2.75, 3.05) is 6.61 Å². The number of rotatable bonds is 2. The second kappa shape index (κ2) is 3.86. The van der Waals surface area contributed by atoms with Gasteiger partial charge in [-0.2, -0.15) is 0 Å². The summed E-state index contributed by atoms with van der Waals surface area (Å²) in [7, 11) is 0. The van der Waals surface area contributed by atoms with Crippen molar-refractivity contribution in [3.05, 3.63) is 29.4 Å². The SMILES string of the molecule is CCOC(=O)c1cnc2cncc(Cl)n12. The maximum atomic E-state index is 11.5. The van der Waals surface area contributed by atoms with Gasteiger partial charge in [0.2, 0.25) is 0 Å². The predicted octanol–water partition coefficient (Wildman–Crippen LogP) is 1.56. The first-order valence-corrected chi connectivity index (χ1v) is 4.76. The summed E-state index contributed by atoms with van der Waals surface area (Å²) in [5.74, 6) is -0.446. The van der Waals surface area contributed by atoms with Crippen LogP contribution in [-0.4, -0.2) is 26.9 Å². The lowest BCUT2D eigenvalue weighted by Crippen LogP contribution is -2.08. The normalized spacial score (nSPS) is 10.5. The molecule has 0 bridgehead atoms. The second-order valence-corrected chi connectivity index (χ2v) is 3.17. The average Bonchev–Trinajstić information content (AvgIpc) is 2.63. The highest BCUT2D eigenvalue weighted by Crippen LogP contribution is 2.14. The number of nitrogens with zero attached hydrogens (tertiary/aromatic N) is 3. The Kier molecular flexibility index (Phi) is 2.55. The Morgan fingerprint density at radius 2 is 2.33 bits per heavy atom. The van der Waals surface area contributed by atoms with Crippen LogP contribution in [0.25, 0.3) is 5.65 Å². The average molecular weight is 226 g/mol. The lowest BCUT2D eigenvalue weighted by Gasteiger charge is -2.02. The molecule has 0 saturated heterocycles. The topological polar surface area (TPSA) is 56.5 Å². The number of carbonyl (C=O) groups excluding carboxylic acids is 1. The number of hydrogen-bond acceptors (Lipinski definition) is 4. The van der Waals surface area contributed by atoms with Crippen LogP contribution in [0.4, 0.5) is 0 Å². The van der Waals surface area contributed by atoms with Crippen molar-refractivity contribution in [2.45, 2.75) is 6.92 Å². The molecule has 78 valence electrons. The number of ether oxygens (including phenoxy) is 1. The van der Waals surface area contributed by atoms with Crippen molar-refractivity contribution in [2.24, 2.45) is 0 Å². The van der Waals surface area contributed by atoms with E-state index in [1.165, 1.54) is 23.0 Å². The van der Waals surface area contributed by atoms with Gasteiger partial charge in [0.25, 0.3) is 0 Å². The predicted molar refractivity (Wildman–Crippen MR) is 54.0 cm³/mol. The van der Waals surface area contributed by atoms with Crippen molar-refractivity contribution in [3.63, 3.8) is 0 Å². The van der Waals surface area contributed by atoms with Crippen molar-refractivity contribution < 1.29 is 9.53 Å². The van der Waals surface area contributed by atoms with Gasteiger partial charge in [-0.05, 0) is 6.92 Å². The van der Waals surface area contributed by atoms with Gasteiger partial charge < -0.3 is 4.74 Å². The van der Waals surface area contributed by atoms with Crippen LogP contribution in [-0.2, 0) is 4.74 Å². The molecule has 0 atom stereocenters.